The minimum atomic E-state index is -4.45. The number of aromatic nitrogens is 2. The van der Waals surface area contributed by atoms with Crippen molar-refractivity contribution < 1.29 is 62.3 Å². The molecule has 0 radical (unpaired) electrons. The lowest BCUT2D eigenvalue weighted by atomic mass is 9.88. The summed E-state index contributed by atoms with van der Waals surface area (Å²) in [6.07, 6.45) is -0.317. The van der Waals surface area contributed by atoms with Gasteiger partial charge in [-0.3, -0.25) is 19.2 Å². The SMILES string of the molecule is Cc1nc(-c2ccc(C3(C)CC3)cc2)ncc1C(=O)C[C@@H](CNS(N)(=O)=O)C(=O)N(C)[C@@H]1C(=O)C[C@@H](C)C(=O)N[C@H](C(=O)O)Cc2ccc(OC[C@H](O)CN)c(c2)-c2cc1cc(OC[C@H](O)CN)c2O. The van der Waals surface area contributed by atoms with Crippen molar-refractivity contribution in [3.8, 4) is 39.8 Å². The summed E-state index contributed by atoms with van der Waals surface area (Å²) < 4.78 is 38.4. The molecule has 6 rings (SSSR count). The zero-order valence-corrected chi connectivity index (χ0v) is 40.1. The van der Waals surface area contributed by atoms with Crippen LogP contribution in [0.3, 0.4) is 0 Å². The van der Waals surface area contributed by atoms with Crippen molar-refractivity contribution in [2.24, 2.45) is 28.4 Å². The number of aliphatic carboxylic acids is 1. The van der Waals surface area contributed by atoms with Gasteiger partial charge < -0.3 is 51.6 Å². The highest BCUT2D eigenvalue weighted by Gasteiger charge is 2.39. The number of aromatic hydroxyl groups is 1. The largest absolute Gasteiger partial charge is 0.504 e. The standard InChI is InChI=1S/C48H60N8O13S/c1-25-13-39(60)42(56(4)46(63)30(21-53-70(51,66)67)17-38(59)36-22-52-44(54-26(36)2)28-6-8-31(9-7-28)48(3)11-12-48)29-16-35(43(61)41(18-29)69-24-33(58)20-50)34-14-27(15-37(47(64)65)55-45(25)62)5-10-40(34)68-23-32(57)19-49/h5-10,14,16,18,22,25,30,32-33,37,42,53,57-58,61H,11-13,15,17,19-21,23-24,49-50H2,1-4H3,(H,55,62)(H,64,65)(H2,51,66,67)/t25-,30+,32-,33-,37+,42+/m1/s1. The van der Waals surface area contributed by atoms with Gasteiger partial charge in [0.25, 0.3) is 10.2 Å². The number of nitrogens with zero attached hydrogens (tertiary/aromatic N) is 3. The van der Waals surface area contributed by atoms with Crippen molar-refractivity contribution in [3.63, 3.8) is 0 Å². The Morgan fingerprint density at radius 3 is 2.19 bits per heavy atom. The molecule has 3 aromatic carbocycles. The van der Waals surface area contributed by atoms with Crippen LogP contribution in [0.1, 0.15) is 78.3 Å². The van der Waals surface area contributed by atoms with Gasteiger partial charge >= 0.3 is 5.97 Å². The molecular formula is C48H60N8O13S. The molecule has 70 heavy (non-hydrogen) atoms. The molecule has 1 aromatic heterocycles. The average Bonchev–Trinajstić information content (AvgIpc) is 4.08. The van der Waals surface area contributed by atoms with Crippen LogP contribution >= 0.6 is 0 Å². The highest BCUT2D eigenvalue weighted by Crippen LogP contribution is 2.48. The number of aliphatic hydroxyl groups excluding tert-OH is 2. The summed E-state index contributed by atoms with van der Waals surface area (Å²) in [5, 5.41) is 50.5. The number of benzene rings is 3. The Morgan fingerprint density at radius 2 is 1.60 bits per heavy atom. The van der Waals surface area contributed by atoms with Crippen LogP contribution in [0, 0.1) is 18.8 Å². The maximum atomic E-state index is 14.9. The number of hydrogen-bond donors (Lipinski definition) is 9. The van der Waals surface area contributed by atoms with E-state index < -0.39 is 107 Å². The monoisotopic (exact) mass is 988 g/mol. The third-order valence-corrected chi connectivity index (χ3v) is 13.2. The number of phenols is 1. The maximum absolute atomic E-state index is 14.9. The Morgan fingerprint density at radius 1 is 0.957 bits per heavy atom. The number of ketones is 2. The summed E-state index contributed by atoms with van der Waals surface area (Å²) in [5.74, 6) is -7.74. The van der Waals surface area contributed by atoms with E-state index in [1.54, 1.807) is 6.92 Å². The number of likely N-dealkylation sites (N-methyl/N-ethyl adjacent to an activating group) is 1. The Hall–Kier alpha value is -6.40. The fourth-order valence-corrected chi connectivity index (χ4v) is 8.56. The smallest absolute Gasteiger partial charge is 0.326 e. The Bertz CT molecular complexity index is 2730. The van der Waals surface area contributed by atoms with Crippen molar-refractivity contribution in [3.05, 3.63) is 88.7 Å². The molecule has 0 saturated heterocycles. The van der Waals surface area contributed by atoms with Crippen molar-refractivity contribution in [1.29, 1.82) is 0 Å². The van der Waals surface area contributed by atoms with Gasteiger partial charge in [0.05, 0.1) is 17.2 Å². The zero-order chi connectivity index (χ0) is 51.2. The molecule has 2 amide bonds. The third kappa shape index (κ3) is 12.9. The quantitative estimate of drug-likeness (QED) is 0.0596. The van der Waals surface area contributed by atoms with E-state index in [0.29, 0.717) is 17.0 Å². The van der Waals surface area contributed by atoms with Crippen molar-refractivity contribution in [2.45, 2.75) is 82.6 Å². The molecule has 2 aliphatic rings. The van der Waals surface area contributed by atoms with Crippen LogP contribution in [0.25, 0.3) is 22.5 Å². The first-order valence-electron chi connectivity index (χ1n) is 22.6. The van der Waals surface area contributed by atoms with E-state index >= 15 is 0 Å². The van der Waals surface area contributed by atoms with Crippen LogP contribution in [0.15, 0.2) is 60.8 Å². The van der Waals surface area contributed by atoms with E-state index in [4.69, 9.17) is 26.1 Å². The summed E-state index contributed by atoms with van der Waals surface area (Å²) in [6, 6.07) is 11.7. The van der Waals surface area contributed by atoms with E-state index in [2.05, 4.69) is 26.9 Å². The Labute approximate surface area is 405 Å². The number of nitrogens with two attached hydrogens (primary N) is 3. The second-order valence-electron chi connectivity index (χ2n) is 18.2. The van der Waals surface area contributed by atoms with Crippen molar-refractivity contribution >= 4 is 39.6 Å². The predicted molar refractivity (Wildman–Crippen MR) is 255 cm³/mol. The van der Waals surface area contributed by atoms with E-state index in [1.165, 1.54) is 56.1 Å². The number of carbonyl (C=O) groups excluding carboxylic acids is 4. The Balaban J connectivity index is 1.45. The minimum absolute atomic E-state index is 0.0269. The first-order valence-corrected chi connectivity index (χ1v) is 24.2. The van der Waals surface area contributed by atoms with Crippen LogP contribution in [-0.2, 0) is 41.2 Å². The Kier molecular flexibility index (Phi) is 16.7. The fraction of sp³-hybridized carbons (Fsp3) is 0.438. The molecule has 21 nitrogen and oxygen atoms in total. The first kappa shape index (κ1) is 53.0. The second-order valence-corrected chi connectivity index (χ2v) is 19.6. The lowest BCUT2D eigenvalue weighted by molar-refractivity contribution is -0.143. The van der Waals surface area contributed by atoms with Gasteiger partial charge in [-0.1, -0.05) is 44.2 Å². The van der Waals surface area contributed by atoms with Gasteiger partial charge in [-0.15, -0.1) is 0 Å². The second kappa shape index (κ2) is 22.1. The van der Waals surface area contributed by atoms with Crippen LogP contribution in [0.4, 0.5) is 0 Å². The molecule has 12 N–H and O–H groups in total. The topological polar surface area (TPSA) is 350 Å². The number of carboxylic acid groups (broad SMARTS) is 1. The number of hydrogen-bond acceptors (Lipinski definition) is 16. The number of aryl methyl sites for hydroxylation is 1. The number of aliphatic hydroxyl groups is 2. The number of carboxylic acids is 1. The molecule has 1 aliphatic carbocycles. The maximum Gasteiger partial charge on any atom is 0.326 e. The summed E-state index contributed by atoms with van der Waals surface area (Å²) >= 11 is 0. The van der Waals surface area contributed by atoms with Gasteiger partial charge in [-0.05, 0) is 66.1 Å². The van der Waals surface area contributed by atoms with Gasteiger partial charge in [-0.2, -0.15) is 8.42 Å². The first-order chi connectivity index (χ1) is 33.0. The van der Waals surface area contributed by atoms with Crippen LogP contribution in [-0.4, -0.2) is 131 Å². The zero-order valence-electron chi connectivity index (χ0n) is 39.3. The third-order valence-electron chi connectivity index (χ3n) is 12.6. The molecule has 0 unspecified atom stereocenters. The molecule has 4 aromatic rings. The van der Waals surface area contributed by atoms with E-state index in [9.17, 15) is 52.8 Å². The summed E-state index contributed by atoms with van der Waals surface area (Å²) in [6.45, 7) is 3.27. The predicted octanol–water partition coefficient (Wildman–Crippen LogP) is 1.18. The van der Waals surface area contributed by atoms with E-state index in [0.717, 1.165) is 17.7 Å². The lowest BCUT2D eigenvalue weighted by Crippen LogP contribution is -2.46. The fourth-order valence-electron chi connectivity index (χ4n) is 8.12. The molecule has 22 heteroatoms. The molecule has 1 saturated carbocycles. The van der Waals surface area contributed by atoms with Crippen LogP contribution in [0.5, 0.6) is 17.2 Å². The summed E-state index contributed by atoms with van der Waals surface area (Å²) in [7, 11) is -3.23. The van der Waals surface area contributed by atoms with Gasteiger partial charge in [0.15, 0.2) is 28.9 Å². The normalized spacial score (nSPS) is 19.2. The molecule has 376 valence electrons. The number of carbonyl (C=O) groups is 5. The number of Topliss-reactive ketones (excluding diaryl/α,β-unsaturated/α-hetero) is 2. The molecule has 1 aliphatic heterocycles. The molecule has 0 spiro atoms. The highest BCUT2D eigenvalue weighted by atomic mass is 32.2. The number of amides is 2. The number of fused-ring (bicyclic) bond motifs is 5. The molecule has 4 bridgehead atoms. The van der Waals surface area contributed by atoms with Gasteiger partial charge in [-0.25, -0.2) is 24.6 Å². The summed E-state index contributed by atoms with van der Waals surface area (Å²) in [4.78, 5) is 79.9. The van der Waals surface area contributed by atoms with Gasteiger partial charge in [0.1, 0.15) is 43.3 Å². The number of ether oxygens (including phenoxy) is 2. The number of phenolic OH excluding ortho intramolecular Hbond substituents is 1. The number of rotatable bonds is 19. The highest BCUT2D eigenvalue weighted by molar-refractivity contribution is 7.87. The van der Waals surface area contributed by atoms with Gasteiger partial charge in [0.2, 0.25) is 11.8 Å². The van der Waals surface area contributed by atoms with Crippen molar-refractivity contribution in [1.82, 2.24) is 24.9 Å². The van der Waals surface area contributed by atoms with Crippen molar-refractivity contribution in [2.75, 3.05) is 39.9 Å². The minimum Gasteiger partial charge on any atom is -0.504 e. The van der Waals surface area contributed by atoms with Gasteiger partial charge in [0, 0.05) is 74.7 Å². The van der Waals surface area contributed by atoms with Crippen LogP contribution < -0.4 is 36.1 Å². The average molecular weight is 989 g/mol. The molecule has 2 heterocycles. The number of nitrogens with one attached hydrogen (secondary N) is 2. The summed E-state index contributed by atoms with van der Waals surface area (Å²) in [5.41, 5.74) is 14.0. The van der Waals surface area contributed by atoms with E-state index in [-0.39, 0.29) is 71.0 Å². The molecule has 6 atom stereocenters. The molecular weight excluding hydrogens is 929 g/mol. The van der Waals surface area contributed by atoms with E-state index in [1.807, 2.05) is 24.3 Å². The lowest BCUT2D eigenvalue weighted by Gasteiger charge is -2.32. The van der Waals surface area contributed by atoms with Crippen LogP contribution in [0.2, 0.25) is 0 Å². The molecule has 1 fully saturated rings.